The Morgan fingerprint density at radius 1 is 1.42 bits per heavy atom. The molecule has 104 valence electrons. The van der Waals surface area contributed by atoms with Crippen LogP contribution in [-0.4, -0.2) is 17.4 Å². The number of carbonyl (C=O) groups excluding carboxylic acids is 1. The van der Waals surface area contributed by atoms with Gasteiger partial charge in [0.05, 0.1) is 17.6 Å². The van der Waals surface area contributed by atoms with Crippen LogP contribution in [-0.2, 0) is 4.79 Å². The van der Waals surface area contributed by atoms with Crippen molar-refractivity contribution in [1.82, 2.24) is 4.98 Å². The maximum Gasteiger partial charge on any atom is 0.226 e. The van der Waals surface area contributed by atoms with Crippen molar-refractivity contribution in [3.63, 3.8) is 0 Å². The molecule has 0 aromatic carbocycles. The molecule has 0 saturated carbocycles. The summed E-state index contributed by atoms with van der Waals surface area (Å²) >= 11 is 1.38. The van der Waals surface area contributed by atoms with Crippen molar-refractivity contribution in [3.8, 4) is 11.8 Å². The molecule has 0 radical (unpaired) electrons. The van der Waals surface area contributed by atoms with Crippen LogP contribution >= 0.6 is 11.3 Å². The topological polar surface area (TPSA) is 68.0 Å². The van der Waals surface area contributed by atoms with Crippen LogP contribution < -0.4 is 11.1 Å². The molecule has 19 heavy (non-hydrogen) atoms. The van der Waals surface area contributed by atoms with Gasteiger partial charge in [-0.1, -0.05) is 55.8 Å². The number of rotatable bonds is 7. The van der Waals surface area contributed by atoms with Gasteiger partial charge < -0.3 is 11.1 Å². The van der Waals surface area contributed by atoms with Gasteiger partial charge in [-0.2, -0.15) is 0 Å². The highest BCUT2D eigenvalue weighted by Crippen LogP contribution is 2.17. The second-order valence-corrected chi connectivity index (χ2v) is 5.28. The Morgan fingerprint density at radius 3 is 2.95 bits per heavy atom. The van der Waals surface area contributed by atoms with Crippen molar-refractivity contribution in [3.05, 3.63) is 11.1 Å². The van der Waals surface area contributed by atoms with E-state index >= 15 is 0 Å². The molecule has 1 aromatic heterocycles. The van der Waals surface area contributed by atoms with Gasteiger partial charge >= 0.3 is 0 Å². The number of nitrogens with zero attached hydrogens (tertiary/aromatic N) is 1. The first-order chi connectivity index (χ1) is 9.26. The zero-order valence-corrected chi connectivity index (χ0v) is 12.2. The molecular weight excluding hydrogens is 258 g/mol. The third-order valence-electron chi connectivity index (χ3n) is 2.57. The Hall–Kier alpha value is -1.38. The number of unbranched alkanes of at least 4 members (excludes halogenated alkanes) is 4. The highest BCUT2D eigenvalue weighted by atomic mass is 32.1. The SMILES string of the molecule is CCCCCCCC(=O)Nc1ncc(C#CCN)s1. The lowest BCUT2D eigenvalue weighted by Crippen LogP contribution is -2.10. The van der Waals surface area contributed by atoms with Crippen LogP contribution in [0.5, 0.6) is 0 Å². The van der Waals surface area contributed by atoms with Gasteiger partial charge in [-0.15, -0.1) is 0 Å². The Morgan fingerprint density at radius 2 is 2.21 bits per heavy atom. The molecule has 3 N–H and O–H groups in total. The van der Waals surface area contributed by atoms with E-state index in [9.17, 15) is 4.79 Å². The van der Waals surface area contributed by atoms with Crippen molar-refractivity contribution in [1.29, 1.82) is 0 Å². The van der Waals surface area contributed by atoms with Crippen molar-refractivity contribution < 1.29 is 4.79 Å². The summed E-state index contributed by atoms with van der Waals surface area (Å²) in [4.78, 5) is 16.6. The van der Waals surface area contributed by atoms with E-state index in [-0.39, 0.29) is 5.91 Å². The fourth-order valence-electron chi connectivity index (χ4n) is 1.60. The Labute approximate surface area is 118 Å². The van der Waals surface area contributed by atoms with Crippen LogP contribution in [0.4, 0.5) is 5.13 Å². The van der Waals surface area contributed by atoms with E-state index in [1.54, 1.807) is 6.20 Å². The van der Waals surface area contributed by atoms with Gasteiger partial charge in [-0.25, -0.2) is 4.98 Å². The number of nitrogens with one attached hydrogen (secondary N) is 1. The summed E-state index contributed by atoms with van der Waals surface area (Å²) in [6.07, 6.45) is 7.95. The quantitative estimate of drug-likeness (QED) is 0.595. The number of carbonyl (C=O) groups is 1. The van der Waals surface area contributed by atoms with Gasteiger partial charge in [0.2, 0.25) is 5.91 Å². The number of thiazole rings is 1. The van der Waals surface area contributed by atoms with Crippen molar-refractivity contribution in [2.75, 3.05) is 11.9 Å². The molecule has 0 unspecified atom stereocenters. The van der Waals surface area contributed by atoms with Gasteiger partial charge in [0.25, 0.3) is 0 Å². The number of amides is 1. The molecule has 0 spiro atoms. The van der Waals surface area contributed by atoms with E-state index in [0.29, 0.717) is 18.1 Å². The highest BCUT2D eigenvalue weighted by molar-refractivity contribution is 7.16. The first kappa shape index (κ1) is 15.7. The molecule has 1 heterocycles. The Kier molecular flexibility index (Phi) is 7.87. The molecule has 0 aliphatic carbocycles. The number of nitrogens with two attached hydrogens (primary N) is 1. The highest BCUT2D eigenvalue weighted by Gasteiger charge is 2.05. The molecule has 1 rings (SSSR count). The number of hydrogen-bond donors (Lipinski definition) is 2. The van der Waals surface area contributed by atoms with Crippen LogP contribution in [0.2, 0.25) is 0 Å². The van der Waals surface area contributed by atoms with Crippen LogP contribution in [0, 0.1) is 11.8 Å². The van der Waals surface area contributed by atoms with E-state index < -0.39 is 0 Å². The summed E-state index contributed by atoms with van der Waals surface area (Å²) < 4.78 is 0. The van der Waals surface area contributed by atoms with E-state index in [1.165, 1.54) is 30.6 Å². The second kappa shape index (κ2) is 9.54. The van der Waals surface area contributed by atoms with E-state index in [1.807, 2.05) is 0 Å². The molecule has 0 saturated heterocycles. The molecule has 0 bridgehead atoms. The number of hydrogen-bond acceptors (Lipinski definition) is 4. The van der Waals surface area contributed by atoms with Gasteiger partial charge in [-0.05, 0) is 6.42 Å². The maximum absolute atomic E-state index is 11.7. The zero-order valence-electron chi connectivity index (χ0n) is 11.4. The Bertz CT molecular complexity index is 445. The molecule has 1 amide bonds. The molecule has 0 fully saturated rings. The molecule has 0 aliphatic rings. The van der Waals surface area contributed by atoms with Crippen molar-refractivity contribution >= 4 is 22.4 Å². The molecule has 1 aromatic rings. The Balaban J connectivity index is 2.26. The summed E-state index contributed by atoms with van der Waals surface area (Å²) in [5, 5.41) is 3.41. The average Bonchev–Trinajstić information content (AvgIpc) is 2.83. The first-order valence-corrected chi connectivity index (χ1v) is 7.52. The molecule has 0 aliphatic heterocycles. The first-order valence-electron chi connectivity index (χ1n) is 6.71. The minimum absolute atomic E-state index is 0.0317. The third-order valence-corrected chi connectivity index (χ3v) is 3.40. The largest absolute Gasteiger partial charge is 0.320 e. The fraction of sp³-hybridized carbons (Fsp3) is 0.571. The van der Waals surface area contributed by atoms with Gasteiger partial charge in [-0.3, -0.25) is 4.79 Å². The van der Waals surface area contributed by atoms with Crippen molar-refractivity contribution in [2.24, 2.45) is 5.73 Å². The molecule has 0 atom stereocenters. The lowest BCUT2D eigenvalue weighted by molar-refractivity contribution is -0.116. The summed E-state index contributed by atoms with van der Waals surface area (Å²) in [5.41, 5.74) is 5.29. The lowest BCUT2D eigenvalue weighted by Gasteiger charge is -2.01. The standard InChI is InChI=1S/C14H21N3OS/c1-2-3-4-5-6-9-13(18)17-14-16-11-12(19-14)8-7-10-15/h11H,2-6,9-10,15H2,1H3,(H,16,17,18). The molecular formula is C14H21N3OS. The predicted molar refractivity (Wildman–Crippen MR) is 80.1 cm³/mol. The van der Waals surface area contributed by atoms with E-state index in [0.717, 1.165) is 17.7 Å². The molecule has 5 heteroatoms. The fourth-order valence-corrected chi connectivity index (χ4v) is 2.31. The van der Waals surface area contributed by atoms with Crippen LogP contribution in [0.1, 0.15) is 50.3 Å². The van der Waals surface area contributed by atoms with Gasteiger partial charge in [0.1, 0.15) is 0 Å². The minimum atomic E-state index is 0.0317. The van der Waals surface area contributed by atoms with Gasteiger partial charge in [0.15, 0.2) is 5.13 Å². The lowest BCUT2D eigenvalue weighted by atomic mass is 10.1. The van der Waals surface area contributed by atoms with Crippen molar-refractivity contribution in [2.45, 2.75) is 45.4 Å². The summed E-state index contributed by atoms with van der Waals surface area (Å²) in [6.45, 7) is 2.51. The maximum atomic E-state index is 11.7. The summed E-state index contributed by atoms with van der Waals surface area (Å²) in [6, 6.07) is 0. The monoisotopic (exact) mass is 279 g/mol. The predicted octanol–water partition coefficient (Wildman–Crippen LogP) is 2.75. The zero-order chi connectivity index (χ0) is 13.9. The van der Waals surface area contributed by atoms with Crippen LogP contribution in [0.15, 0.2) is 6.20 Å². The molecule has 4 nitrogen and oxygen atoms in total. The van der Waals surface area contributed by atoms with Gasteiger partial charge in [0, 0.05) is 6.42 Å². The second-order valence-electron chi connectivity index (χ2n) is 4.25. The smallest absolute Gasteiger partial charge is 0.226 e. The summed E-state index contributed by atoms with van der Waals surface area (Å²) in [5.74, 6) is 5.69. The number of aromatic nitrogens is 1. The summed E-state index contributed by atoms with van der Waals surface area (Å²) in [7, 11) is 0. The minimum Gasteiger partial charge on any atom is -0.320 e. The van der Waals surface area contributed by atoms with E-state index in [2.05, 4.69) is 29.1 Å². The number of anilines is 1. The third kappa shape index (κ3) is 6.94. The van der Waals surface area contributed by atoms with Crippen LogP contribution in [0.25, 0.3) is 0 Å². The normalized spacial score (nSPS) is 9.79. The average molecular weight is 279 g/mol. The van der Waals surface area contributed by atoms with E-state index in [4.69, 9.17) is 5.73 Å². The van der Waals surface area contributed by atoms with Crippen LogP contribution in [0.3, 0.4) is 0 Å².